The molecule has 42 heavy (non-hydrogen) atoms. The second-order valence-electron chi connectivity index (χ2n) is 9.53. The molecule has 4 nitrogen and oxygen atoms in total. The van der Waals surface area contributed by atoms with E-state index in [1.807, 2.05) is 54.6 Å². The van der Waals surface area contributed by atoms with Gasteiger partial charge in [-0.15, -0.1) is 0 Å². The topological polar surface area (TPSA) is 24.9 Å². The van der Waals surface area contributed by atoms with E-state index in [0.717, 1.165) is 56.8 Å². The first-order valence-corrected chi connectivity index (χ1v) is 13.7. The SMILES string of the molecule is C=C/C=C(\C=C)N(c1ccc(OC)cc1)c1ccc(-c2ccc(N(c3ccccc3)c3ccc(OC)cc3)cc2)cc1. The number of hydrogen-bond donors (Lipinski definition) is 0. The Morgan fingerprint density at radius 3 is 1.36 bits per heavy atom. The van der Waals surface area contributed by atoms with Crippen LogP contribution in [0.5, 0.6) is 11.5 Å². The van der Waals surface area contributed by atoms with Crippen LogP contribution in [0.15, 0.2) is 164 Å². The van der Waals surface area contributed by atoms with Crippen LogP contribution in [0.3, 0.4) is 0 Å². The molecule has 0 aliphatic carbocycles. The lowest BCUT2D eigenvalue weighted by atomic mass is 10.0. The Balaban J connectivity index is 1.45. The van der Waals surface area contributed by atoms with Gasteiger partial charge in [0.2, 0.25) is 0 Å². The summed E-state index contributed by atoms with van der Waals surface area (Å²) in [5, 5.41) is 0. The summed E-state index contributed by atoms with van der Waals surface area (Å²) in [5.41, 5.74) is 8.42. The number of anilines is 5. The van der Waals surface area contributed by atoms with Crippen LogP contribution in [0, 0.1) is 0 Å². The number of methoxy groups -OCH3 is 2. The molecule has 0 saturated carbocycles. The molecule has 0 fully saturated rings. The molecule has 5 aromatic carbocycles. The van der Waals surface area contributed by atoms with Crippen LogP contribution in [0.4, 0.5) is 28.4 Å². The van der Waals surface area contributed by atoms with Gasteiger partial charge in [-0.2, -0.15) is 0 Å². The zero-order valence-corrected chi connectivity index (χ0v) is 24.0. The van der Waals surface area contributed by atoms with E-state index >= 15 is 0 Å². The van der Waals surface area contributed by atoms with E-state index < -0.39 is 0 Å². The molecule has 0 heterocycles. The molecule has 0 N–H and O–H groups in total. The predicted octanol–water partition coefficient (Wildman–Crippen LogP) is 10.2. The molecular formula is C38H34N2O2. The van der Waals surface area contributed by atoms with Crippen LogP contribution in [-0.4, -0.2) is 14.2 Å². The lowest BCUT2D eigenvalue weighted by molar-refractivity contribution is 0.414. The summed E-state index contributed by atoms with van der Waals surface area (Å²) in [7, 11) is 3.35. The van der Waals surface area contributed by atoms with E-state index in [1.165, 1.54) is 0 Å². The van der Waals surface area contributed by atoms with Gasteiger partial charge >= 0.3 is 0 Å². The molecule has 208 valence electrons. The van der Waals surface area contributed by atoms with Gasteiger partial charge in [-0.25, -0.2) is 0 Å². The molecule has 0 aliphatic heterocycles. The minimum atomic E-state index is 0.808. The second kappa shape index (κ2) is 13.2. The maximum absolute atomic E-state index is 5.38. The van der Waals surface area contributed by atoms with Crippen LogP contribution in [-0.2, 0) is 0 Å². The standard InChI is InChI=1S/C38H34N2O2/c1-5-10-31(6-2)39(35-21-25-37(41-3)26-22-35)33-17-13-29(14-18-33)30-15-19-34(20-16-30)40(32-11-8-7-9-12-32)36-23-27-38(42-4)28-24-36/h5-28H,1-2H2,3-4H3/b31-10+. The van der Waals surface area contributed by atoms with E-state index in [1.54, 1.807) is 20.3 Å². The van der Waals surface area contributed by atoms with Gasteiger partial charge < -0.3 is 19.3 Å². The first-order valence-electron chi connectivity index (χ1n) is 13.7. The van der Waals surface area contributed by atoms with E-state index in [2.05, 4.69) is 108 Å². The Morgan fingerprint density at radius 1 is 0.524 bits per heavy atom. The second-order valence-corrected chi connectivity index (χ2v) is 9.53. The third-order valence-corrected chi connectivity index (χ3v) is 7.02. The number of rotatable bonds is 11. The summed E-state index contributed by atoms with van der Waals surface area (Å²) in [6.45, 7) is 7.92. The Morgan fingerprint density at radius 2 is 0.929 bits per heavy atom. The Labute approximate surface area is 248 Å². The highest BCUT2D eigenvalue weighted by Gasteiger charge is 2.15. The molecule has 0 atom stereocenters. The number of para-hydroxylation sites is 1. The maximum atomic E-state index is 5.38. The zero-order valence-electron chi connectivity index (χ0n) is 24.0. The first-order chi connectivity index (χ1) is 20.6. The van der Waals surface area contributed by atoms with Crippen molar-refractivity contribution in [1.82, 2.24) is 0 Å². The maximum Gasteiger partial charge on any atom is 0.119 e. The van der Waals surface area contributed by atoms with Gasteiger partial charge in [0.25, 0.3) is 0 Å². The number of ether oxygens (including phenoxy) is 2. The average molecular weight is 551 g/mol. The van der Waals surface area contributed by atoms with Gasteiger partial charge in [0.15, 0.2) is 0 Å². The van der Waals surface area contributed by atoms with Crippen molar-refractivity contribution in [3.05, 3.63) is 164 Å². The van der Waals surface area contributed by atoms with E-state index in [9.17, 15) is 0 Å². The zero-order chi connectivity index (χ0) is 29.3. The van der Waals surface area contributed by atoms with Gasteiger partial charge in [-0.1, -0.05) is 61.7 Å². The van der Waals surface area contributed by atoms with Crippen LogP contribution < -0.4 is 19.3 Å². The molecular weight excluding hydrogens is 516 g/mol. The van der Waals surface area contributed by atoms with Crippen LogP contribution in [0.1, 0.15) is 0 Å². The summed E-state index contributed by atoms with van der Waals surface area (Å²) in [5.74, 6) is 1.64. The fourth-order valence-corrected chi connectivity index (χ4v) is 4.89. The number of benzene rings is 5. The minimum Gasteiger partial charge on any atom is -0.497 e. The molecule has 0 saturated heterocycles. The van der Waals surface area contributed by atoms with Gasteiger partial charge in [0.05, 0.1) is 14.2 Å². The van der Waals surface area contributed by atoms with Crippen molar-refractivity contribution in [3.63, 3.8) is 0 Å². The van der Waals surface area contributed by atoms with Gasteiger partial charge in [-0.3, -0.25) is 0 Å². The first kappa shape index (κ1) is 28.1. The summed E-state index contributed by atoms with van der Waals surface area (Å²) in [4.78, 5) is 4.38. The number of nitrogens with zero attached hydrogens (tertiary/aromatic N) is 2. The van der Waals surface area contributed by atoms with Gasteiger partial charge in [-0.05, 0) is 108 Å². The van der Waals surface area contributed by atoms with E-state index in [-0.39, 0.29) is 0 Å². The van der Waals surface area contributed by atoms with Crippen LogP contribution >= 0.6 is 0 Å². The highest BCUT2D eigenvalue weighted by atomic mass is 16.5. The van der Waals surface area contributed by atoms with Crippen molar-refractivity contribution >= 4 is 28.4 Å². The lowest BCUT2D eigenvalue weighted by Gasteiger charge is -2.27. The smallest absolute Gasteiger partial charge is 0.119 e. The fraction of sp³-hybridized carbons (Fsp3) is 0.0526. The predicted molar refractivity (Wildman–Crippen MR) is 177 cm³/mol. The molecule has 5 rings (SSSR count). The quantitative estimate of drug-likeness (QED) is 0.153. The normalized spacial score (nSPS) is 11.0. The third-order valence-electron chi connectivity index (χ3n) is 7.02. The van der Waals surface area contributed by atoms with Crippen molar-refractivity contribution in [2.45, 2.75) is 0 Å². The number of allylic oxidation sites excluding steroid dienone is 3. The van der Waals surface area contributed by atoms with Crippen LogP contribution in [0.2, 0.25) is 0 Å². The molecule has 0 radical (unpaired) electrons. The van der Waals surface area contributed by atoms with Crippen molar-refractivity contribution in [3.8, 4) is 22.6 Å². The molecule has 0 aliphatic rings. The lowest BCUT2D eigenvalue weighted by Crippen LogP contribution is -2.14. The molecule has 0 aromatic heterocycles. The Bertz CT molecular complexity index is 1640. The summed E-state index contributed by atoms with van der Waals surface area (Å²) in [6.07, 6.45) is 5.55. The fourth-order valence-electron chi connectivity index (χ4n) is 4.89. The summed E-state index contributed by atoms with van der Waals surface area (Å²) >= 11 is 0. The molecule has 0 unspecified atom stereocenters. The summed E-state index contributed by atoms with van der Waals surface area (Å²) in [6, 6.07) is 43.7. The summed E-state index contributed by atoms with van der Waals surface area (Å²) < 4.78 is 10.7. The molecule has 0 amide bonds. The Kier molecular flexibility index (Phi) is 8.85. The highest BCUT2D eigenvalue weighted by Crippen LogP contribution is 2.37. The molecule has 0 spiro atoms. The highest BCUT2D eigenvalue weighted by molar-refractivity contribution is 5.79. The van der Waals surface area contributed by atoms with E-state index in [0.29, 0.717) is 0 Å². The van der Waals surface area contributed by atoms with Crippen molar-refractivity contribution in [1.29, 1.82) is 0 Å². The largest absolute Gasteiger partial charge is 0.497 e. The number of hydrogen-bond acceptors (Lipinski definition) is 4. The minimum absolute atomic E-state index is 0.808. The van der Waals surface area contributed by atoms with Crippen molar-refractivity contribution in [2.24, 2.45) is 0 Å². The monoisotopic (exact) mass is 550 g/mol. The Hall–Kier alpha value is -5.48. The molecule has 5 aromatic rings. The van der Waals surface area contributed by atoms with Crippen molar-refractivity contribution < 1.29 is 9.47 Å². The third kappa shape index (κ3) is 6.13. The molecule has 0 bridgehead atoms. The van der Waals surface area contributed by atoms with Crippen molar-refractivity contribution in [2.75, 3.05) is 24.0 Å². The van der Waals surface area contributed by atoms with Gasteiger partial charge in [0.1, 0.15) is 11.5 Å². The van der Waals surface area contributed by atoms with E-state index in [4.69, 9.17) is 9.47 Å². The average Bonchev–Trinajstić information content (AvgIpc) is 3.06. The van der Waals surface area contributed by atoms with Gasteiger partial charge in [0, 0.05) is 34.1 Å². The molecule has 4 heteroatoms. The van der Waals surface area contributed by atoms with Crippen LogP contribution in [0.25, 0.3) is 11.1 Å².